The highest BCUT2D eigenvalue weighted by molar-refractivity contribution is 5.94. The molecule has 2 aliphatic rings. The third kappa shape index (κ3) is 3.96. The molecule has 0 radical (unpaired) electrons. The van der Waals surface area contributed by atoms with Gasteiger partial charge in [-0.15, -0.1) is 0 Å². The zero-order valence-corrected chi connectivity index (χ0v) is 17.7. The number of anilines is 1. The van der Waals surface area contributed by atoms with E-state index in [-0.39, 0.29) is 17.8 Å². The van der Waals surface area contributed by atoms with Crippen molar-refractivity contribution in [2.24, 2.45) is 0 Å². The number of urea groups is 1. The third-order valence-corrected chi connectivity index (χ3v) is 6.21. The van der Waals surface area contributed by atoms with Crippen LogP contribution in [0.2, 0.25) is 0 Å². The zero-order chi connectivity index (χ0) is 22.1. The van der Waals surface area contributed by atoms with Crippen molar-refractivity contribution in [2.45, 2.75) is 12.8 Å². The van der Waals surface area contributed by atoms with Crippen molar-refractivity contribution in [2.75, 3.05) is 31.5 Å². The number of fused-ring (bicyclic) bond motifs is 3. The Morgan fingerprint density at radius 1 is 0.781 bits per heavy atom. The summed E-state index contributed by atoms with van der Waals surface area (Å²) in [4.78, 5) is 29.1. The summed E-state index contributed by atoms with van der Waals surface area (Å²) < 4.78 is 13.1. The molecule has 3 amide bonds. The molecule has 1 aliphatic carbocycles. The summed E-state index contributed by atoms with van der Waals surface area (Å²) in [6.45, 7) is 2.05. The van der Waals surface area contributed by atoms with Crippen molar-refractivity contribution < 1.29 is 14.0 Å². The highest BCUT2D eigenvalue weighted by Crippen LogP contribution is 2.37. The predicted molar refractivity (Wildman–Crippen MR) is 122 cm³/mol. The Kier molecular flexibility index (Phi) is 5.35. The summed E-state index contributed by atoms with van der Waals surface area (Å²) in [6.07, 6.45) is 1.57. The molecule has 1 heterocycles. The molecule has 0 aromatic heterocycles. The highest BCUT2D eigenvalue weighted by atomic mass is 19.1. The molecule has 0 bridgehead atoms. The van der Waals surface area contributed by atoms with Gasteiger partial charge in [0.15, 0.2) is 0 Å². The molecule has 0 atom stereocenters. The highest BCUT2D eigenvalue weighted by Gasteiger charge is 2.24. The maximum Gasteiger partial charge on any atom is 0.321 e. The molecule has 1 fully saturated rings. The minimum absolute atomic E-state index is 0.134. The van der Waals surface area contributed by atoms with Crippen molar-refractivity contribution in [1.29, 1.82) is 0 Å². The predicted octanol–water partition coefficient (Wildman–Crippen LogP) is 4.78. The molecule has 0 saturated carbocycles. The number of benzene rings is 3. The van der Waals surface area contributed by atoms with E-state index < -0.39 is 0 Å². The third-order valence-electron chi connectivity index (χ3n) is 6.21. The lowest BCUT2D eigenvalue weighted by atomic mass is 10.1. The van der Waals surface area contributed by atoms with Crippen LogP contribution in [0, 0.1) is 5.82 Å². The lowest BCUT2D eigenvalue weighted by Crippen LogP contribution is -2.39. The summed E-state index contributed by atoms with van der Waals surface area (Å²) in [6, 6.07) is 19.9. The Labute approximate surface area is 186 Å². The van der Waals surface area contributed by atoms with Gasteiger partial charge in [0.1, 0.15) is 5.82 Å². The quantitative estimate of drug-likeness (QED) is 0.499. The van der Waals surface area contributed by atoms with E-state index in [4.69, 9.17) is 0 Å². The van der Waals surface area contributed by atoms with Gasteiger partial charge >= 0.3 is 6.03 Å². The number of hydrogen-bond donors (Lipinski definition) is 1. The molecule has 1 saturated heterocycles. The molecule has 3 aromatic rings. The van der Waals surface area contributed by atoms with Crippen LogP contribution in [0.15, 0.2) is 66.7 Å². The number of amides is 3. The van der Waals surface area contributed by atoms with Gasteiger partial charge in [0.2, 0.25) is 0 Å². The molecule has 162 valence electrons. The van der Waals surface area contributed by atoms with E-state index in [1.54, 1.807) is 9.80 Å². The molecule has 3 aromatic carbocycles. The largest absolute Gasteiger partial charge is 0.337 e. The van der Waals surface area contributed by atoms with Crippen LogP contribution in [0.4, 0.5) is 14.9 Å². The second-order valence-corrected chi connectivity index (χ2v) is 8.28. The average Bonchev–Trinajstić information content (AvgIpc) is 2.99. The standard InChI is InChI=1S/C26H24FN3O2/c27-21-8-6-18(7-9-21)25(31)29-12-3-13-30(15-14-29)26(32)28-22-10-11-24-20(17-22)16-19-4-1-2-5-23(19)24/h1-2,4-11,17H,3,12-16H2,(H,28,32). The van der Waals surface area contributed by atoms with Crippen LogP contribution in [0.1, 0.15) is 27.9 Å². The van der Waals surface area contributed by atoms with Crippen molar-refractivity contribution in [3.63, 3.8) is 0 Å². The van der Waals surface area contributed by atoms with Gasteiger partial charge in [-0.1, -0.05) is 30.3 Å². The average molecular weight is 429 g/mol. The van der Waals surface area contributed by atoms with Crippen LogP contribution in [0.3, 0.4) is 0 Å². The van der Waals surface area contributed by atoms with Crippen LogP contribution >= 0.6 is 0 Å². The topological polar surface area (TPSA) is 52.7 Å². The Hall–Kier alpha value is -3.67. The van der Waals surface area contributed by atoms with Gasteiger partial charge in [-0.2, -0.15) is 0 Å². The lowest BCUT2D eigenvalue weighted by Gasteiger charge is -2.22. The van der Waals surface area contributed by atoms with Gasteiger partial charge < -0.3 is 15.1 Å². The van der Waals surface area contributed by atoms with Crippen LogP contribution in [0.5, 0.6) is 0 Å². The van der Waals surface area contributed by atoms with Gasteiger partial charge in [0.25, 0.3) is 5.91 Å². The Morgan fingerprint density at radius 2 is 1.50 bits per heavy atom. The molecule has 1 N–H and O–H groups in total. The molecule has 0 unspecified atom stereocenters. The number of hydrogen-bond acceptors (Lipinski definition) is 2. The van der Waals surface area contributed by atoms with Gasteiger partial charge in [-0.25, -0.2) is 9.18 Å². The first-order valence-corrected chi connectivity index (χ1v) is 10.9. The fourth-order valence-electron chi connectivity index (χ4n) is 4.52. The van der Waals surface area contributed by atoms with E-state index in [0.29, 0.717) is 38.2 Å². The van der Waals surface area contributed by atoms with Gasteiger partial charge in [0, 0.05) is 37.4 Å². The minimum atomic E-state index is -0.365. The Balaban J connectivity index is 1.22. The summed E-state index contributed by atoms with van der Waals surface area (Å²) >= 11 is 0. The number of rotatable bonds is 2. The number of nitrogens with zero attached hydrogens (tertiary/aromatic N) is 2. The lowest BCUT2D eigenvalue weighted by molar-refractivity contribution is 0.0762. The van der Waals surface area contributed by atoms with Crippen LogP contribution < -0.4 is 5.32 Å². The number of nitrogens with one attached hydrogen (secondary N) is 1. The molecule has 6 heteroatoms. The molecule has 5 nitrogen and oxygen atoms in total. The van der Waals surface area contributed by atoms with E-state index in [9.17, 15) is 14.0 Å². The summed E-state index contributed by atoms with van der Waals surface area (Å²) in [7, 11) is 0. The first-order valence-electron chi connectivity index (χ1n) is 10.9. The van der Waals surface area contributed by atoms with E-state index in [1.165, 1.54) is 46.5 Å². The van der Waals surface area contributed by atoms with E-state index in [2.05, 4.69) is 35.6 Å². The summed E-state index contributed by atoms with van der Waals surface area (Å²) in [5.41, 5.74) is 6.26. The van der Waals surface area contributed by atoms with Crippen molar-refractivity contribution in [3.05, 3.63) is 89.2 Å². The van der Waals surface area contributed by atoms with Gasteiger partial charge in [-0.3, -0.25) is 4.79 Å². The van der Waals surface area contributed by atoms with E-state index >= 15 is 0 Å². The van der Waals surface area contributed by atoms with Gasteiger partial charge in [-0.05, 0) is 71.5 Å². The SMILES string of the molecule is O=C(Nc1ccc2c(c1)Cc1ccccc1-2)N1CCCN(C(=O)c2ccc(F)cc2)CC1. The van der Waals surface area contributed by atoms with E-state index in [1.807, 2.05) is 12.1 Å². The van der Waals surface area contributed by atoms with Crippen molar-refractivity contribution >= 4 is 17.6 Å². The number of halogens is 1. The monoisotopic (exact) mass is 429 g/mol. The molecular weight excluding hydrogens is 405 g/mol. The molecule has 32 heavy (non-hydrogen) atoms. The molecule has 1 aliphatic heterocycles. The maximum absolute atomic E-state index is 13.1. The van der Waals surface area contributed by atoms with Crippen LogP contribution in [0.25, 0.3) is 11.1 Å². The first-order chi connectivity index (χ1) is 15.6. The zero-order valence-electron chi connectivity index (χ0n) is 17.7. The number of carbonyl (C=O) groups excluding carboxylic acids is 2. The fraction of sp³-hybridized carbons (Fsp3) is 0.231. The normalized spacial score (nSPS) is 15.0. The van der Waals surface area contributed by atoms with E-state index in [0.717, 1.165) is 12.1 Å². The smallest absolute Gasteiger partial charge is 0.321 e. The maximum atomic E-state index is 13.1. The van der Waals surface area contributed by atoms with Gasteiger partial charge in [0.05, 0.1) is 0 Å². The molecule has 0 spiro atoms. The second-order valence-electron chi connectivity index (χ2n) is 8.28. The van der Waals surface area contributed by atoms with Crippen LogP contribution in [-0.2, 0) is 6.42 Å². The van der Waals surface area contributed by atoms with Crippen molar-refractivity contribution in [3.8, 4) is 11.1 Å². The summed E-state index contributed by atoms with van der Waals surface area (Å²) in [5.74, 6) is -0.499. The molecule has 5 rings (SSSR count). The molecular formula is C26H24FN3O2. The minimum Gasteiger partial charge on any atom is -0.337 e. The Morgan fingerprint density at radius 3 is 2.34 bits per heavy atom. The second kappa shape index (κ2) is 8.46. The van der Waals surface area contributed by atoms with Crippen LogP contribution in [-0.4, -0.2) is 47.9 Å². The number of carbonyl (C=O) groups is 2. The van der Waals surface area contributed by atoms with Crippen molar-refractivity contribution in [1.82, 2.24) is 9.80 Å². The summed E-state index contributed by atoms with van der Waals surface area (Å²) in [5, 5.41) is 3.02. The fourth-order valence-corrected chi connectivity index (χ4v) is 4.52. The Bertz CT molecular complexity index is 1180. The first kappa shape index (κ1) is 20.2.